The third-order valence-electron chi connectivity index (χ3n) is 4.63. The first kappa shape index (κ1) is 15.8. The Morgan fingerprint density at radius 2 is 2.28 bits per heavy atom. The van der Waals surface area contributed by atoms with Crippen LogP contribution in [-0.2, 0) is 11.3 Å². The van der Waals surface area contributed by atoms with E-state index in [1.807, 2.05) is 29.2 Å². The van der Waals surface area contributed by atoms with E-state index in [9.17, 15) is 4.79 Å². The molecule has 3 aromatic rings. The minimum Gasteiger partial charge on any atom is -0.377 e. The Kier molecular flexibility index (Phi) is 4.23. The molecule has 1 aliphatic heterocycles. The number of methoxy groups -OCH3 is 1. The predicted octanol–water partition coefficient (Wildman–Crippen LogP) is 3.06. The molecule has 0 saturated carbocycles. The van der Waals surface area contributed by atoms with Crippen molar-refractivity contribution in [1.29, 1.82) is 0 Å². The number of hydrogen-bond donors (Lipinski definition) is 1. The fourth-order valence-corrected chi connectivity index (χ4v) is 3.43. The lowest BCUT2D eigenvalue weighted by atomic mass is 10.0. The molecule has 2 aromatic heterocycles. The van der Waals surface area contributed by atoms with Crippen LogP contribution in [0.25, 0.3) is 10.9 Å². The summed E-state index contributed by atoms with van der Waals surface area (Å²) in [6.07, 6.45) is 4.61. The number of carbonyl (C=O) groups excluding carboxylic acids is 1. The van der Waals surface area contributed by atoms with Gasteiger partial charge < -0.3 is 19.1 Å². The highest BCUT2D eigenvalue weighted by atomic mass is 16.5. The number of aromatic nitrogens is 3. The Morgan fingerprint density at radius 1 is 1.40 bits per heavy atom. The largest absolute Gasteiger partial charge is 0.377 e. The number of carbonyl (C=O) groups is 1. The van der Waals surface area contributed by atoms with Crippen molar-refractivity contribution in [2.24, 2.45) is 0 Å². The van der Waals surface area contributed by atoms with Gasteiger partial charge in [-0.1, -0.05) is 23.4 Å². The maximum atomic E-state index is 13.2. The van der Waals surface area contributed by atoms with Crippen molar-refractivity contribution in [2.45, 2.75) is 31.9 Å². The van der Waals surface area contributed by atoms with E-state index >= 15 is 0 Å². The molecule has 7 nitrogen and oxygen atoms in total. The van der Waals surface area contributed by atoms with E-state index in [0.29, 0.717) is 30.4 Å². The van der Waals surface area contributed by atoms with Crippen molar-refractivity contribution in [2.75, 3.05) is 13.7 Å². The summed E-state index contributed by atoms with van der Waals surface area (Å²) in [5.74, 6) is 0.983. The molecule has 3 heterocycles. The zero-order chi connectivity index (χ0) is 17.2. The molecule has 1 unspecified atom stereocenters. The summed E-state index contributed by atoms with van der Waals surface area (Å²) in [5, 5.41) is 4.87. The first-order chi connectivity index (χ1) is 12.3. The van der Waals surface area contributed by atoms with Gasteiger partial charge in [0.1, 0.15) is 12.6 Å². The van der Waals surface area contributed by atoms with Gasteiger partial charge in [0.2, 0.25) is 5.89 Å². The Balaban J connectivity index is 1.65. The zero-order valence-electron chi connectivity index (χ0n) is 14.1. The molecule has 25 heavy (non-hydrogen) atoms. The molecule has 130 valence electrons. The maximum Gasteiger partial charge on any atom is 0.256 e. The molecule has 1 atom stereocenters. The van der Waals surface area contributed by atoms with Crippen molar-refractivity contribution >= 4 is 16.8 Å². The zero-order valence-corrected chi connectivity index (χ0v) is 14.1. The number of ether oxygens (including phenoxy) is 1. The monoisotopic (exact) mass is 340 g/mol. The molecule has 1 aliphatic rings. The van der Waals surface area contributed by atoms with Gasteiger partial charge in [0.15, 0.2) is 5.82 Å². The molecule has 7 heteroatoms. The van der Waals surface area contributed by atoms with Crippen molar-refractivity contribution in [3.63, 3.8) is 0 Å². The quantitative estimate of drug-likeness (QED) is 0.789. The lowest BCUT2D eigenvalue weighted by Crippen LogP contribution is -2.38. The second-order valence-corrected chi connectivity index (χ2v) is 6.24. The molecular formula is C18H20N4O3. The van der Waals surface area contributed by atoms with Crippen molar-refractivity contribution in [3.05, 3.63) is 47.7 Å². The van der Waals surface area contributed by atoms with E-state index in [1.165, 1.54) is 0 Å². The summed E-state index contributed by atoms with van der Waals surface area (Å²) in [7, 11) is 1.59. The van der Waals surface area contributed by atoms with Crippen molar-refractivity contribution in [1.82, 2.24) is 20.0 Å². The van der Waals surface area contributed by atoms with Crippen LogP contribution in [0, 0.1) is 0 Å². The second-order valence-electron chi connectivity index (χ2n) is 6.24. The summed E-state index contributed by atoms with van der Waals surface area (Å²) < 4.78 is 10.4. The topological polar surface area (TPSA) is 84.3 Å². The summed E-state index contributed by atoms with van der Waals surface area (Å²) in [5.41, 5.74) is 1.64. The molecule has 1 aromatic carbocycles. The number of amides is 1. The number of fused-ring (bicyclic) bond motifs is 1. The molecule has 0 bridgehead atoms. The SMILES string of the molecule is COCc1noc(C2CCCCN2C(=O)c2c[nH]c3ccccc23)n1. The Labute approximate surface area is 145 Å². The van der Waals surface area contributed by atoms with E-state index in [2.05, 4.69) is 15.1 Å². The average Bonchev–Trinajstić information content (AvgIpc) is 3.28. The van der Waals surface area contributed by atoms with Crippen molar-refractivity contribution in [3.8, 4) is 0 Å². The third kappa shape index (κ3) is 2.91. The molecule has 1 saturated heterocycles. The van der Waals surface area contributed by atoms with Gasteiger partial charge in [0, 0.05) is 30.8 Å². The lowest BCUT2D eigenvalue weighted by Gasteiger charge is -2.33. The number of benzene rings is 1. The highest BCUT2D eigenvalue weighted by molar-refractivity contribution is 6.06. The molecule has 0 radical (unpaired) electrons. The van der Waals surface area contributed by atoms with Gasteiger partial charge in [-0.15, -0.1) is 0 Å². The molecule has 4 rings (SSSR count). The lowest BCUT2D eigenvalue weighted by molar-refractivity contribution is 0.0563. The van der Waals surface area contributed by atoms with Crippen LogP contribution in [0.15, 0.2) is 35.0 Å². The summed E-state index contributed by atoms with van der Waals surface area (Å²) >= 11 is 0. The standard InChI is InChI=1S/C18H20N4O3/c1-24-11-16-20-17(25-21-16)15-8-4-5-9-22(15)18(23)13-10-19-14-7-3-2-6-12(13)14/h2-3,6-7,10,15,19H,4-5,8-9,11H2,1H3. The normalized spacial score (nSPS) is 18.0. The third-order valence-corrected chi connectivity index (χ3v) is 4.63. The number of rotatable bonds is 4. The number of likely N-dealkylation sites (tertiary alicyclic amines) is 1. The van der Waals surface area contributed by atoms with Gasteiger partial charge in [0.05, 0.1) is 5.56 Å². The fourth-order valence-electron chi connectivity index (χ4n) is 3.43. The molecular weight excluding hydrogens is 320 g/mol. The minimum atomic E-state index is -0.187. The highest BCUT2D eigenvalue weighted by Gasteiger charge is 2.33. The van der Waals surface area contributed by atoms with E-state index < -0.39 is 0 Å². The van der Waals surface area contributed by atoms with Crippen LogP contribution in [0.4, 0.5) is 0 Å². The minimum absolute atomic E-state index is 0.00589. The molecule has 1 amide bonds. The molecule has 1 fully saturated rings. The smallest absolute Gasteiger partial charge is 0.256 e. The predicted molar refractivity (Wildman–Crippen MR) is 90.9 cm³/mol. The number of hydrogen-bond acceptors (Lipinski definition) is 5. The van der Waals surface area contributed by atoms with Crippen LogP contribution >= 0.6 is 0 Å². The first-order valence-corrected chi connectivity index (χ1v) is 8.46. The number of H-pyrrole nitrogens is 1. The summed E-state index contributed by atoms with van der Waals surface area (Å²) in [6.45, 7) is 0.984. The van der Waals surface area contributed by atoms with Crippen LogP contribution in [0.2, 0.25) is 0 Å². The van der Waals surface area contributed by atoms with Crippen LogP contribution in [0.3, 0.4) is 0 Å². The van der Waals surface area contributed by atoms with E-state index in [-0.39, 0.29) is 11.9 Å². The number of para-hydroxylation sites is 1. The Morgan fingerprint density at radius 3 is 3.16 bits per heavy atom. The van der Waals surface area contributed by atoms with Gasteiger partial charge in [-0.05, 0) is 25.3 Å². The van der Waals surface area contributed by atoms with Gasteiger partial charge in [-0.25, -0.2) is 0 Å². The van der Waals surface area contributed by atoms with Gasteiger partial charge in [0.25, 0.3) is 5.91 Å². The van der Waals surface area contributed by atoms with Crippen LogP contribution < -0.4 is 0 Å². The molecule has 1 N–H and O–H groups in total. The van der Waals surface area contributed by atoms with Crippen LogP contribution in [0.5, 0.6) is 0 Å². The van der Waals surface area contributed by atoms with Gasteiger partial charge in [-0.2, -0.15) is 4.98 Å². The average molecular weight is 340 g/mol. The number of piperidine rings is 1. The first-order valence-electron chi connectivity index (χ1n) is 8.46. The Bertz CT molecular complexity index is 885. The number of nitrogens with zero attached hydrogens (tertiary/aromatic N) is 3. The Hall–Kier alpha value is -2.67. The van der Waals surface area contributed by atoms with Crippen molar-refractivity contribution < 1.29 is 14.1 Å². The second kappa shape index (κ2) is 6.68. The highest BCUT2D eigenvalue weighted by Crippen LogP contribution is 2.32. The van der Waals surface area contributed by atoms with E-state index in [1.54, 1.807) is 13.3 Å². The maximum absolute atomic E-state index is 13.2. The van der Waals surface area contributed by atoms with E-state index in [4.69, 9.17) is 9.26 Å². The summed E-state index contributed by atoms with van der Waals surface area (Å²) in [4.78, 5) is 22.6. The van der Waals surface area contributed by atoms with Gasteiger partial charge >= 0.3 is 0 Å². The van der Waals surface area contributed by atoms with E-state index in [0.717, 1.165) is 30.2 Å². The van der Waals surface area contributed by atoms with Gasteiger partial charge in [-0.3, -0.25) is 4.79 Å². The number of nitrogens with one attached hydrogen (secondary N) is 1. The fraction of sp³-hybridized carbons (Fsp3) is 0.389. The van der Waals surface area contributed by atoms with Crippen LogP contribution in [-0.4, -0.2) is 39.6 Å². The number of aromatic amines is 1. The van der Waals surface area contributed by atoms with Crippen LogP contribution in [0.1, 0.15) is 47.4 Å². The molecule has 0 aliphatic carbocycles. The summed E-state index contributed by atoms with van der Waals surface area (Å²) in [6, 6.07) is 7.63. The molecule has 0 spiro atoms.